The van der Waals surface area contributed by atoms with Gasteiger partial charge in [-0.05, 0) is 0 Å². The molecular formula is C4F10N2. The van der Waals surface area contributed by atoms with Gasteiger partial charge in [0.1, 0.15) is 0 Å². The summed E-state index contributed by atoms with van der Waals surface area (Å²) < 4.78 is 115. The van der Waals surface area contributed by atoms with E-state index in [0.29, 0.717) is 10.2 Å². The van der Waals surface area contributed by atoms with E-state index in [-0.39, 0.29) is 0 Å². The van der Waals surface area contributed by atoms with Crippen molar-refractivity contribution in [2.75, 3.05) is 0 Å². The Kier molecular flexibility index (Phi) is 3.47. The SMILES string of the molecule is FC(F)(F)C(F)(F)N=NC(F)(F)C(F)(F)F. The van der Waals surface area contributed by atoms with Crippen LogP contribution in [0, 0.1) is 0 Å². The molecule has 0 rings (SSSR count). The molecule has 0 aromatic carbocycles. The maximum atomic E-state index is 11.8. The first-order valence-electron chi connectivity index (χ1n) is 3.04. The molecule has 0 saturated carbocycles. The number of nitrogens with zero attached hydrogens (tertiary/aromatic N) is 2. The second kappa shape index (κ2) is 3.73. The Labute approximate surface area is 79.9 Å². The molecule has 96 valence electrons. The summed E-state index contributed by atoms with van der Waals surface area (Å²) in [6.07, 6.45) is -12.8. The molecule has 2 nitrogen and oxygen atoms in total. The highest BCUT2D eigenvalue weighted by Gasteiger charge is 2.62. The Bertz CT molecular complexity index is 244. The van der Waals surface area contributed by atoms with E-state index in [9.17, 15) is 43.9 Å². The van der Waals surface area contributed by atoms with Crippen molar-refractivity contribution in [1.82, 2.24) is 0 Å². The normalized spacial score (nSPS) is 15.9. The van der Waals surface area contributed by atoms with Gasteiger partial charge in [0, 0.05) is 0 Å². The van der Waals surface area contributed by atoms with Gasteiger partial charge in [0.25, 0.3) is 0 Å². The van der Waals surface area contributed by atoms with E-state index in [2.05, 4.69) is 0 Å². The van der Waals surface area contributed by atoms with Gasteiger partial charge in [-0.3, -0.25) is 0 Å². The molecule has 0 heterocycles. The molecular weight excluding hydrogens is 266 g/mol. The van der Waals surface area contributed by atoms with Crippen molar-refractivity contribution in [3.63, 3.8) is 0 Å². The van der Waals surface area contributed by atoms with E-state index >= 15 is 0 Å². The molecule has 0 saturated heterocycles. The Morgan fingerprint density at radius 2 is 0.625 bits per heavy atom. The quantitative estimate of drug-likeness (QED) is 0.413. The zero-order chi connectivity index (χ0) is 13.4. The third kappa shape index (κ3) is 3.20. The van der Waals surface area contributed by atoms with E-state index < -0.39 is 24.4 Å². The topological polar surface area (TPSA) is 24.7 Å². The monoisotopic (exact) mass is 266 g/mol. The molecule has 0 fully saturated rings. The zero-order valence-electron chi connectivity index (χ0n) is 6.67. The zero-order valence-corrected chi connectivity index (χ0v) is 6.67. The van der Waals surface area contributed by atoms with Crippen LogP contribution in [0.25, 0.3) is 0 Å². The fraction of sp³-hybridized carbons (Fsp3) is 1.00. The van der Waals surface area contributed by atoms with Gasteiger partial charge in [-0.15, -0.1) is 10.2 Å². The molecule has 0 spiro atoms. The minimum absolute atomic E-state index is 0.662. The first-order valence-corrected chi connectivity index (χ1v) is 3.04. The third-order valence-electron chi connectivity index (χ3n) is 0.983. The molecule has 0 aromatic rings. The van der Waals surface area contributed by atoms with Crippen LogP contribution in [0.1, 0.15) is 0 Å². The van der Waals surface area contributed by atoms with Gasteiger partial charge in [-0.1, -0.05) is 0 Å². The van der Waals surface area contributed by atoms with E-state index in [1.54, 1.807) is 0 Å². The molecule has 0 aliphatic carbocycles. The molecule has 0 bridgehead atoms. The fourth-order valence-electron chi connectivity index (χ4n) is 0.239. The average molecular weight is 266 g/mol. The van der Waals surface area contributed by atoms with Gasteiger partial charge in [0.05, 0.1) is 0 Å². The predicted octanol–water partition coefficient (Wildman–Crippen LogP) is 3.75. The van der Waals surface area contributed by atoms with Crippen molar-refractivity contribution in [2.45, 2.75) is 24.4 Å². The number of alkyl halides is 10. The van der Waals surface area contributed by atoms with Gasteiger partial charge in [-0.2, -0.15) is 43.9 Å². The second-order valence-electron chi connectivity index (χ2n) is 2.28. The molecule has 0 unspecified atom stereocenters. The van der Waals surface area contributed by atoms with Gasteiger partial charge in [-0.25, -0.2) is 0 Å². The number of hydrogen-bond donors (Lipinski definition) is 0. The number of hydrogen-bond acceptors (Lipinski definition) is 2. The number of rotatable bonds is 2. The van der Waals surface area contributed by atoms with E-state index in [1.807, 2.05) is 0 Å². The minimum atomic E-state index is -6.40. The number of azo groups is 1. The molecule has 0 aliphatic rings. The van der Waals surface area contributed by atoms with E-state index in [4.69, 9.17) is 0 Å². The molecule has 0 N–H and O–H groups in total. The first-order chi connectivity index (χ1) is 6.71. The van der Waals surface area contributed by atoms with Crippen LogP contribution in [-0.2, 0) is 0 Å². The predicted molar refractivity (Wildman–Crippen MR) is 26.9 cm³/mol. The van der Waals surface area contributed by atoms with Crippen molar-refractivity contribution >= 4 is 0 Å². The molecule has 0 radical (unpaired) electrons. The lowest BCUT2D eigenvalue weighted by Crippen LogP contribution is -2.37. The van der Waals surface area contributed by atoms with Crippen LogP contribution in [0.15, 0.2) is 10.2 Å². The molecule has 0 amide bonds. The number of halogens is 10. The van der Waals surface area contributed by atoms with Crippen molar-refractivity contribution in [1.29, 1.82) is 0 Å². The van der Waals surface area contributed by atoms with Gasteiger partial charge < -0.3 is 0 Å². The highest BCUT2D eigenvalue weighted by Crippen LogP contribution is 2.41. The van der Waals surface area contributed by atoms with Gasteiger partial charge in [0.2, 0.25) is 0 Å². The summed E-state index contributed by atoms with van der Waals surface area (Å²) in [5, 5.41) is 1.32. The average Bonchev–Trinajstić information content (AvgIpc) is 1.97. The maximum Gasteiger partial charge on any atom is 0.479 e. The summed E-state index contributed by atoms with van der Waals surface area (Å²) in [5.74, 6) is 0. The Morgan fingerprint density at radius 1 is 0.438 bits per heavy atom. The lowest BCUT2D eigenvalue weighted by atomic mass is 10.5. The third-order valence-corrected chi connectivity index (χ3v) is 0.983. The fourth-order valence-corrected chi connectivity index (χ4v) is 0.239. The Balaban J connectivity index is 5.01. The van der Waals surface area contributed by atoms with E-state index in [0.717, 1.165) is 0 Å². The molecule has 0 aromatic heterocycles. The Hall–Kier alpha value is -1.10. The Morgan fingerprint density at radius 3 is 0.750 bits per heavy atom. The minimum Gasteiger partial charge on any atom is -0.169 e. The maximum absolute atomic E-state index is 11.8. The standard InChI is InChI=1S/C4F10N2/c5-1(6,7)3(11,12)15-16-4(13,14)2(8,9)10. The van der Waals surface area contributed by atoms with Crippen LogP contribution in [0.5, 0.6) is 0 Å². The highest BCUT2D eigenvalue weighted by molar-refractivity contribution is 4.75. The van der Waals surface area contributed by atoms with Crippen LogP contribution < -0.4 is 0 Å². The van der Waals surface area contributed by atoms with Crippen LogP contribution in [-0.4, -0.2) is 24.4 Å². The summed E-state index contributed by atoms with van der Waals surface area (Å²) >= 11 is 0. The molecule has 0 aliphatic heterocycles. The van der Waals surface area contributed by atoms with Crippen molar-refractivity contribution in [3.05, 3.63) is 0 Å². The van der Waals surface area contributed by atoms with Gasteiger partial charge in [0.15, 0.2) is 0 Å². The van der Waals surface area contributed by atoms with E-state index in [1.165, 1.54) is 0 Å². The van der Waals surface area contributed by atoms with Crippen molar-refractivity contribution < 1.29 is 43.9 Å². The summed E-state index contributed by atoms with van der Waals surface area (Å²) in [7, 11) is 0. The first kappa shape index (κ1) is 14.9. The highest BCUT2D eigenvalue weighted by atomic mass is 19.4. The summed E-state index contributed by atoms with van der Waals surface area (Å²) in [6.45, 7) is 0. The van der Waals surface area contributed by atoms with Crippen LogP contribution in [0.3, 0.4) is 0 Å². The largest absolute Gasteiger partial charge is 0.479 e. The van der Waals surface area contributed by atoms with Crippen molar-refractivity contribution in [3.8, 4) is 0 Å². The molecule has 0 atom stereocenters. The van der Waals surface area contributed by atoms with Gasteiger partial charge >= 0.3 is 24.4 Å². The van der Waals surface area contributed by atoms with Crippen LogP contribution in [0.2, 0.25) is 0 Å². The second-order valence-corrected chi connectivity index (χ2v) is 2.28. The smallest absolute Gasteiger partial charge is 0.169 e. The summed E-state index contributed by atoms with van der Waals surface area (Å²) in [6, 6.07) is -12.2. The molecule has 12 heteroatoms. The van der Waals surface area contributed by atoms with Crippen LogP contribution in [0.4, 0.5) is 43.9 Å². The summed E-state index contributed by atoms with van der Waals surface area (Å²) in [4.78, 5) is 0. The van der Waals surface area contributed by atoms with Crippen molar-refractivity contribution in [2.24, 2.45) is 10.2 Å². The van der Waals surface area contributed by atoms with Crippen LogP contribution >= 0.6 is 0 Å². The lowest BCUT2D eigenvalue weighted by Gasteiger charge is -2.16. The lowest BCUT2D eigenvalue weighted by molar-refractivity contribution is -0.298. The molecule has 16 heavy (non-hydrogen) atoms. The summed E-state index contributed by atoms with van der Waals surface area (Å²) in [5.41, 5.74) is 0.